The van der Waals surface area contributed by atoms with Crippen molar-refractivity contribution >= 4 is 44.2 Å². The summed E-state index contributed by atoms with van der Waals surface area (Å²) in [5.74, 6) is 0.577. The second-order valence-corrected chi connectivity index (χ2v) is 8.66. The number of benzene rings is 2. The number of aromatic nitrogens is 5. The topological polar surface area (TPSA) is 102 Å². The minimum absolute atomic E-state index is 0.102. The molecule has 2 aromatic carbocycles. The van der Waals surface area contributed by atoms with Crippen LogP contribution in [0.2, 0.25) is 0 Å². The fourth-order valence-electron chi connectivity index (χ4n) is 3.06. The van der Waals surface area contributed by atoms with Crippen LogP contribution in [0.3, 0.4) is 0 Å². The maximum Gasteiger partial charge on any atom is 0.264 e. The molecule has 0 saturated heterocycles. The first-order chi connectivity index (χ1) is 14.0. The van der Waals surface area contributed by atoms with E-state index in [1.165, 1.54) is 6.07 Å². The molecule has 144 valence electrons. The van der Waals surface area contributed by atoms with Crippen LogP contribution < -0.4 is 4.72 Å². The molecule has 0 bridgehead atoms. The van der Waals surface area contributed by atoms with Gasteiger partial charge in [0.1, 0.15) is 15.9 Å². The average molecular weight is 422 g/mol. The van der Waals surface area contributed by atoms with Crippen molar-refractivity contribution in [2.24, 2.45) is 0 Å². The first-order valence-corrected chi connectivity index (χ1v) is 10.9. The molecule has 0 aliphatic heterocycles. The van der Waals surface area contributed by atoms with Crippen molar-refractivity contribution in [1.29, 1.82) is 0 Å². The quantitative estimate of drug-likeness (QED) is 0.475. The van der Waals surface area contributed by atoms with Crippen LogP contribution in [0.1, 0.15) is 5.56 Å². The minimum Gasteiger partial charge on any atom is -0.291 e. The van der Waals surface area contributed by atoms with Crippen LogP contribution in [0.15, 0.2) is 66.0 Å². The zero-order valence-corrected chi connectivity index (χ0v) is 16.8. The van der Waals surface area contributed by atoms with E-state index in [0.29, 0.717) is 28.2 Å². The van der Waals surface area contributed by atoms with Crippen molar-refractivity contribution in [3.63, 3.8) is 0 Å². The van der Waals surface area contributed by atoms with Gasteiger partial charge in [-0.1, -0.05) is 18.2 Å². The van der Waals surface area contributed by atoms with Gasteiger partial charge in [0, 0.05) is 24.2 Å². The lowest BCUT2D eigenvalue weighted by atomic mass is 10.1. The van der Waals surface area contributed by atoms with Crippen LogP contribution in [0.25, 0.3) is 28.1 Å². The number of imidazole rings is 1. The summed E-state index contributed by atoms with van der Waals surface area (Å²) in [5, 5.41) is 0. The van der Waals surface area contributed by atoms with Gasteiger partial charge in [-0.3, -0.25) is 9.12 Å². The molecule has 3 heterocycles. The first-order valence-electron chi connectivity index (χ1n) is 8.66. The third-order valence-electron chi connectivity index (χ3n) is 4.55. The van der Waals surface area contributed by atoms with Gasteiger partial charge < -0.3 is 0 Å². The van der Waals surface area contributed by atoms with E-state index in [4.69, 9.17) is 0 Å². The molecule has 0 amide bonds. The van der Waals surface area contributed by atoms with Crippen LogP contribution >= 0.6 is 11.7 Å². The number of nitrogens with zero attached hydrogens (tertiary/aromatic N) is 5. The molecule has 0 spiro atoms. The summed E-state index contributed by atoms with van der Waals surface area (Å²) in [6, 6.07) is 12.3. The minimum atomic E-state index is -3.84. The van der Waals surface area contributed by atoms with E-state index in [9.17, 15) is 8.42 Å². The van der Waals surface area contributed by atoms with E-state index < -0.39 is 10.0 Å². The van der Waals surface area contributed by atoms with Crippen molar-refractivity contribution in [2.75, 3.05) is 4.72 Å². The van der Waals surface area contributed by atoms with E-state index in [1.807, 2.05) is 41.9 Å². The molecule has 5 aromatic rings. The largest absolute Gasteiger partial charge is 0.291 e. The van der Waals surface area contributed by atoms with Crippen LogP contribution in [0.4, 0.5) is 5.69 Å². The zero-order valence-electron chi connectivity index (χ0n) is 15.1. The van der Waals surface area contributed by atoms with Crippen molar-refractivity contribution < 1.29 is 8.42 Å². The van der Waals surface area contributed by atoms with Crippen LogP contribution in [0, 0.1) is 6.92 Å². The first kappa shape index (κ1) is 17.7. The number of hydrogen-bond donors (Lipinski definition) is 1. The maximum atomic E-state index is 13.1. The summed E-state index contributed by atoms with van der Waals surface area (Å²) in [6.07, 6.45) is 5.39. The van der Waals surface area contributed by atoms with Crippen LogP contribution in [-0.4, -0.2) is 31.5 Å². The molecule has 0 aliphatic carbocycles. The Morgan fingerprint density at radius 3 is 2.86 bits per heavy atom. The molecule has 0 radical (unpaired) electrons. The number of nitrogens with one attached hydrogen (secondary N) is 1. The maximum absolute atomic E-state index is 13.1. The molecular weight excluding hydrogens is 408 g/mol. The van der Waals surface area contributed by atoms with Crippen molar-refractivity contribution in [3.8, 4) is 11.3 Å². The molecule has 5 rings (SSSR count). The lowest BCUT2D eigenvalue weighted by Gasteiger charge is -2.12. The molecule has 29 heavy (non-hydrogen) atoms. The predicted octanol–water partition coefficient (Wildman–Crippen LogP) is 3.51. The van der Waals surface area contributed by atoms with Gasteiger partial charge in [0.25, 0.3) is 10.0 Å². The third-order valence-corrected chi connectivity index (χ3v) is 6.49. The highest BCUT2D eigenvalue weighted by Gasteiger charge is 2.21. The Bertz CT molecular complexity index is 1440. The second kappa shape index (κ2) is 6.61. The van der Waals surface area contributed by atoms with Gasteiger partial charge in [0.2, 0.25) is 5.78 Å². The van der Waals surface area contributed by atoms with Crippen molar-refractivity contribution in [2.45, 2.75) is 11.8 Å². The Morgan fingerprint density at radius 1 is 1.10 bits per heavy atom. The molecule has 3 aromatic heterocycles. The summed E-state index contributed by atoms with van der Waals surface area (Å²) in [4.78, 5) is 8.82. The van der Waals surface area contributed by atoms with Gasteiger partial charge in [0.15, 0.2) is 0 Å². The molecule has 0 aliphatic rings. The molecule has 0 atom stereocenters. The fraction of sp³-hybridized carbons (Fsp3) is 0.0526. The summed E-state index contributed by atoms with van der Waals surface area (Å²) >= 11 is 0.986. The van der Waals surface area contributed by atoms with E-state index in [1.54, 1.807) is 24.4 Å². The highest BCUT2D eigenvalue weighted by molar-refractivity contribution is 7.93. The van der Waals surface area contributed by atoms with Gasteiger partial charge in [-0.25, -0.2) is 18.4 Å². The van der Waals surface area contributed by atoms with Gasteiger partial charge in [-0.05, 0) is 36.8 Å². The van der Waals surface area contributed by atoms with Crippen LogP contribution in [0.5, 0.6) is 0 Å². The Kier molecular flexibility index (Phi) is 4.03. The number of anilines is 1. The SMILES string of the molecule is Cc1ccc(-c2cn3cccnc3n2)cc1NS(=O)(=O)c1cccc2nsnc12. The Morgan fingerprint density at radius 2 is 2.00 bits per heavy atom. The lowest BCUT2D eigenvalue weighted by Crippen LogP contribution is -2.14. The number of rotatable bonds is 4. The smallest absolute Gasteiger partial charge is 0.264 e. The fourth-order valence-corrected chi connectivity index (χ4v) is 4.95. The highest BCUT2D eigenvalue weighted by Crippen LogP contribution is 2.28. The second-order valence-electron chi connectivity index (χ2n) is 6.48. The van der Waals surface area contributed by atoms with E-state index in [0.717, 1.165) is 22.9 Å². The Balaban J connectivity index is 1.56. The predicted molar refractivity (Wildman–Crippen MR) is 111 cm³/mol. The number of aryl methyl sites for hydroxylation is 1. The normalized spacial score (nSPS) is 11.9. The third kappa shape index (κ3) is 3.12. The monoisotopic (exact) mass is 422 g/mol. The van der Waals surface area contributed by atoms with Gasteiger partial charge in [0.05, 0.1) is 23.1 Å². The average Bonchev–Trinajstić information content (AvgIpc) is 3.35. The molecule has 0 saturated carbocycles. The van der Waals surface area contributed by atoms with Gasteiger partial charge in [-0.2, -0.15) is 8.75 Å². The van der Waals surface area contributed by atoms with E-state index in [-0.39, 0.29) is 4.90 Å². The summed E-state index contributed by atoms with van der Waals surface area (Å²) in [5.41, 5.74) is 3.68. The molecule has 0 unspecified atom stereocenters. The Labute approximate surface area is 170 Å². The van der Waals surface area contributed by atoms with E-state index >= 15 is 0 Å². The number of sulfonamides is 1. The molecule has 0 fully saturated rings. The summed E-state index contributed by atoms with van der Waals surface area (Å²) < 4.78 is 38.8. The highest BCUT2D eigenvalue weighted by atomic mass is 32.2. The molecular formula is C19H14N6O2S2. The van der Waals surface area contributed by atoms with Crippen molar-refractivity contribution in [3.05, 3.63) is 66.6 Å². The van der Waals surface area contributed by atoms with E-state index in [2.05, 4.69) is 23.4 Å². The molecule has 8 nitrogen and oxygen atoms in total. The standard InChI is InChI=1S/C19H14N6O2S2/c1-12-6-7-13(16-11-25-9-3-8-20-19(25)21-16)10-15(12)24-29(26,27)17-5-2-4-14-18(17)23-28-22-14/h2-11,24H,1H3. The number of fused-ring (bicyclic) bond motifs is 2. The van der Waals surface area contributed by atoms with Gasteiger partial charge >= 0.3 is 0 Å². The molecule has 10 heteroatoms. The zero-order chi connectivity index (χ0) is 20.0. The summed E-state index contributed by atoms with van der Waals surface area (Å²) in [7, 11) is -3.84. The van der Waals surface area contributed by atoms with Gasteiger partial charge in [-0.15, -0.1) is 0 Å². The summed E-state index contributed by atoms with van der Waals surface area (Å²) in [6.45, 7) is 1.85. The Hall–Kier alpha value is -3.37. The van der Waals surface area contributed by atoms with Crippen molar-refractivity contribution in [1.82, 2.24) is 23.1 Å². The number of hydrogen-bond acceptors (Lipinski definition) is 7. The van der Waals surface area contributed by atoms with Crippen LogP contribution in [-0.2, 0) is 10.0 Å². The lowest BCUT2D eigenvalue weighted by molar-refractivity contribution is 0.602. The molecule has 1 N–H and O–H groups in total.